The first kappa shape index (κ1) is 19.5. The number of hydrogen-bond acceptors (Lipinski definition) is 4. The minimum Gasteiger partial charge on any atom is -0.379 e. The molecule has 0 saturated carbocycles. The monoisotopic (exact) mass is 386 g/mol. The summed E-state index contributed by atoms with van der Waals surface area (Å²) in [7, 11) is -4.27. The molecule has 0 bridgehead atoms. The fourth-order valence-corrected chi connectivity index (χ4v) is 3.82. The second kappa shape index (κ2) is 8.01. The van der Waals surface area contributed by atoms with Crippen LogP contribution in [-0.2, 0) is 20.9 Å². The van der Waals surface area contributed by atoms with Gasteiger partial charge in [0, 0.05) is 24.7 Å². The predicted molar refractivity (Wildman–Crippen MR) is 83.5 cm³/mol. The lowest BCUT2D eigenvalue weighted by atomic mass is 10.2. The van der Waals surface area contributed by atoms with E-state index in [9.17, 15) is 21.6 Å². The van der Waals surface area contributed by atoms with Gasteiger partial charge in [0.25, 0.3) is 0 Å². The average molecular weight is 387 g/mol. The average Bonchev–Trinajstić information content (AvgIpc) is 2.51. The van der Waals surface area contributed by atoms with Gasteiger partial charge in [-0.1, -0.05) is 11.6 Å². The van der Waals surface area contributed by atoms with Gasteiger partial charge in [-0.3, -0.25) is 4.90 Å². The number of rotatable bonds is 6. The number of morpholine rings is 1. The molecular formula is C14H18ClF3N2O3S. The number of sulfonamides is 1. The molecule has 0 atom stereocenters. The first-order valence-corrected chi connectivity index (χ1v) is 9.23. The predicted octanol–water partition coefficient (Wildman–Crippen LogP) is 2.36. The number of ether oxygens (including phenoxy) is 1. The van der Waals surface area contributed by atoms with E-state index in [0.717, 1.165) is 25.2 Å². The summed E-state index contributed by atoms with van der Waals surface area (Å²) in [5, 5.41) is -0.173. The maximum absolute atomic E-state index is 13.0. The van der Waals surface area contributed by atoms with E-state index in [1.54, 1.807) is 0 Å². The Morgan fingerprint density at radius 1 is 1.25 bits per heavy atom. The lowest BCUT2D eigenvalue weighted by molar-refractivity contribution is -0.139. The molecule has 0 aromatic heterocycles. The van der Waals surface area contributed by atoms with Crippen LogP contribution in [-0.4, -0.2) is 52.7 Å². The van der Waals surface area contributed by atoms with Gasteiger partial charge < -0.3 is 4.74 Å². The van der Waals surface area contributed by atoms with Crippen LogP contribution >= 0.6 is 11.6 Å². The molecule has 1 saturated heterocycles. The lowest BCUT2D eigenvalue weighted by Crippen LogP contribution is -2.38. The molecule has 0 unspecified atom stereocenters. The van der Waals surface area contributed by atoms with Crippen LogP contribution in [0.5, 0.6) is 0 Å². The molecule has 1 aromatic carbocycles. The molecule has 2 rings (SSSR count). The van der Waals surface area contributed by atoms with Crippen molar-refractivity contribution in [3.63, 3.8) is 0 Å². The molecule has 10 heteroatoms. The fourth-order valence-electron chi connectivity index (χ4n) is 2.37. The first-order chi connectivity index (χ1) is 11.2. The molecule has 1 aromatic rings. The summed E-state index contributed by atoms with van der Waals surface area (Å²) < 4.78 is 70.8. The van der Waals surface area contributed by atoms with E-state index in [-0.39, 0.29) is 11.6 Å². The van der Waals surface area contributed by atoms with Gasteiger partial charge >= 0.3 is 6.18 Å². The Balaban J connectivity index is 2.00. The number of hydrogen-bond donors (Lipinski definition) is 1. The highest BCUT2D eigenvalue weighted by molar-refractivity contribution is 7.89. The molecule has 136 valence electrons. The summed E-state index contributed by atoms with van der Waals surface area (Å²) >= 11 is 5.55. The van der Waals surface area contributed by atoms with Crippen LogP contribution in [0.3, 0.4) is 0 Å². The molecule has 24 heavy (non-hydrogen) atoms. The number of alkyl halides is 3. The smallest absolute Gasteiger partial charge is 0.379 e. The number of halogens is 4. The Kier molecular flexibility index (Phi) is 6.49. The highest BCUT2D eigenvalue weighted by Gasteiger charge is 2.37. The third-order valence-electron chi connectivity index (χ3n) is 3.58. The van der Waals surface area contributed by atoms with Crippen molar-refractivity contribution < 1.29 is 26.3 Å². The Bertz CT molecular complexity index is 662. The molecule has 5 nitrogen and oxygen atoms in total. The van der Waals surface area contributed by atoms with Gasteiger partial charge in [0.2, 0.25) is 10.0 Å². The van der Waals surface area contributed by atoms with E-state index >= 15 is 0 Å². The standard InChI is InChI=1S/C14H18ClF3N2O3S/c15-11-2-3-13(12(10-11)14(16,17)18)24(21,22)19-4-1-5-20-6-8-23-9-7-20/h2-3,10,19H,1,4-9H2. The van der Waals surface area contributed by atoms with Crippen molar-refractivity contribution in [3.8, 4) is 0 Å². The van der Waals surface area contributed by atoms with Crippen LogP contribution in [0.1, 0.15) is 12.0 Å². The van der Waals surface area contributed by atoms with Crippen LogP contribution in [0.25, 0.3) is 0 Å². The van der Waals surface area contributed by atoms with Crippen molar-refractivity contribution in [1.29, 1.82) is 0 Å². The number of nitrogens with one attached hydrogen (secondary N) is 1. The summed E-state index contributed by atoms with van der Waals surface area (Å²) in [6.07, 6.45) is -4.31. The van der Waals surface area contributed by atoms with Crippen molar-refractivity contribution in [2.24, 2.45) is 0 Å². The second-order valence-corrected chi connectivity index (χ2v) is 7.52. The van der Waals surface area contributed by atoms with E-state index in [1.807, 2.05) is 0 Å². The zero-order valence-corrected chi connectivity index (χ0v) is 14.3. The van der Waals surface area contributed by atoms with Crippen LogP contribution in [0.2, 0.25) is 5.02 Å². The number of nitrogens with zero attached hydrogens (tertiary/aromatic N) is 1. The van der Waals surface area contributed by atoms with Gasteiger partial charge in [0.05, 0.1) is 23.7 Å². The summed E-state index contributed by atoms with van der Waals surface area (Å²) in [5.41, 5.74) is -1.27. The second-order valence-electron chi connectivity index (χ2n) is 5.34. The maximum Gasteiger partial charge on any atom is 0.417 e. The summed E-state index contributed by atoms with van der Waals surface area (Å²) in [6, 6.07) is 2.61. The molecule has 1 heterocycles. The summed E-state index contributed by atoms with van der Waals surface area (Å²) in [5.74, 6) is 0. The van der Waals surface area contributed by atoms with Crippen molar-refractivity contribution in [1.82, 2.24) is 9.62 Å². The molecular weight excluding hydrogens is 369 g/mol. The van der Waals surface area contributed by atoms with E-state index in [0.29, 0.717) is 32.2 Å². The van der Waals surface area contributed by atoms with Crippen molar-refractivity contribution in [3.05, 3.63) is 28.8 Å². The first-order valence-electron chi connectivity index (χ1n) is 7.37. The third-order valence-corrected chi connectivity index (χ3v) is 5.34. The topological polar surface area (TPSA) is 58.6 Å². The summed E-state index contributed by atoms with van der Waals surface area (Å²) in [4.78, 5) is 1.30. The maximum atomic E-state index is 13.0. The van der Waals surface area contributed by atoms with Crippen molar-refractivity contribution in [2.45, 2.75) is 17.5 Å². The molecule has 0 aliphatic carbocycles. The Morgan fingerprint density at radius 3 is 2.54 bits per heavy atom. The highest BCUT2D eigenvalue weighted by Crippen LogP contribution is 2.35. The van der Waals surface area contributed by atoms with Crippen molar-refractivity contribution >= 4 is 21.6 Å². The van der Waals surface area contributed by atoms with E-state index in [2.05, 4.69) is 9.62 Å². The fraction of sp³-hybridized carbons (Fsp3) is 0.571. The largest absolute Gasteiger partial charge is 0.417 e. The summed E-state index contributed by atoms with van der Waals surface area (Å²) in [6.45, 7) is 3.50. The highest BCUT2D eigenvalue weighted by atomic mass is 35.5. The van der Waals surface area contributed by atoms with E-state index in [4.69, 9.17) is 16.3 Å². The SMILES string of the molecule is O=S(=O)(NCCCN1CCOCC1)c1ccc(Cl)cc1C(F)(F)F. The van der Waals surface area contributed by atoms with Crippen LogP contribution in [0, 0.1) is 0 Å². The quantitative estimate of drug-likeness (QED) is 0.762. The Labute approximate surface area is 143 Å². The van der Waals surface area contributed by atoms with E-state index in [1.165, 1.54) is 0 Å². The molecule has 0 spiro atoms. The lowest BCUT2D eigenvalue weighted by Gasteiger charge is -2.26. The molecule has 0 radical (unpaired) electrons. The zero-order valence-electron chi connectivity index (χ0n) is 12.8. The van der Waals surface area contributed by atoms with Crippen molar-refractivity contribution in [2.75, 3.05) is 39.4 Å². The minimum atomic E-state index is -4.80. The van der Waals surface area contributed by atoms with Crippen LogP contribution in [0.15, 0.2) is 23.1 Å². The molecule has 0 amide bonds. The molecule has 1 N–H and O–H groups in total. The molecule has 1 aliphatic rings. The number of benzene rings is 1. The zero-order chi connectivity index (χ0) is 17.8. The van der Waals surface area contributed by atoms with Crippen LogP contribution < -0.4 is 4.72 Å². The van der Waals surface area contributed by atoms with Gasteiger partial charge in [0.1, 0.15) is 0 Å². The van der Waals surface area contributed by atoms with Gasteiger partial charge in [-0.05, 0) is 31.2 Å². The van der Waals surface area contributed by atoms with Gasteiger partial charge in [-0.25, -0.2) is 13.1 Å². The molecule has 1 fully saturated rings. The minimum absolute atomic E-state index is 0.0552. The van der Waals surface area contributed by atoms with E-state index < -0.39 is 26.7 Å². The normalized spacial score (nSPS) is 17.2. The molecule has 1 aliphatic heterocycles. The third kappa shape index (κ3) is 5.32. The Hall–Kier alpha value is -0.870. The van der Waals surface area contributed by atoms with Crippen LogP contribution in [0.4, 0.5) is 13.2 Å². The van der Waals surface area contributed by atoms with Gasteiger partial charge in [0.15, 0.2) is 0 Å². The van der Waals surface area contributed by atoms with Gasteiger partial charge in [-0.15, -0.1) is 0 Å². The Morgan fingerprint density at radius 2 is 1.92 bits per heavy atom. The van der Waals surface area contributed by atoms with Gasteiger partial charge in [-0.2, -0.15) is 13.2 Å².